The Morgan fingerprint density at radius 3 is 2.61 bits per heavy atom. The predicted octanol–water partition coefficient (Wildman–Crippen LogP) is 2.84. The molecule has 2 N–H and O–H groups in total. The molecule has 2 aromatic rings. The first-order valence-corrected chi connectivity index (χ1v) is 8.03. The van der Waals surface area contributed by atoms with E-state index >= 15 is 0 Å². The van der Waals surface area contributed by atoms with Crippen LogP contribution in [-0.2, 0) is 11.2 Å². The summed E-state index contributed by atoms with van der Waals surface area (Å²) in [5, 5.41) is 6.24. The lowest BCUT2D eigenvalue weighted by Gasteiger charge is -2.22. The Kier molecular flexibility index (Phi) is 5.03. The molecule has 0 saturated carbocycles. The second kappa shape index (κ2) is 7.38. The third-order valence-electron chi connectivity index (χ3n) is 4.31. The highest BCUT2D eigenvalue weighted by atomic mass is 19.1. The van der Waals surface area contributed by atoms with Crippen LogP contribution in [0.3, 0.4) is 0 Å². The van der Waals surface area contributed by atoms with Crippen LogP contribution in [0.2, 0.25) is 0 Å². The zero-order valence-corrected chi connectivity index (χ0v) is 13.0. The number of nitrogens with one attached hydrogen (secondary N) is 2. The van der Waals surface area contributed by atoms with Crippen LogP contribution in [0.25, 0.3) is 0 Å². The second-order valence-electron chi connectivity index (χ2n) is 5.96. The molecule has 23 heavy (non-hydrogen) atoms. The Labute approximate surface area is 135 Å². The number of hydrogen-bond donors (Lipinski definition) is 2. The van der Waals surface area contributed by atoms with E-state index in [0.717, 1.165) is 18.5 Å². The van der Waals surface area contributed by atoms with Crippen LogP contribution in [0.5, 0.6) is 0 Å². The molecule has 2 atom stereocenters. The van der Waals surface area contributed by atoms with Crippen molar-refractivity contribution in [1.29, 1.82) is 0 Å². The highest BCUT2D eigenvalue weighted by Crippen LogP contribution is 2.22. The minimum absolute atomic E-state index is 0.000755. The lowest BCUT2D eigenvalue weighted by Crippen LogP contribution is -2.36. The van der Waals surface area contributed by atoms with Crippen LogP contribution in [0.4, 0.5) is 4.39 Å². The van der Waals surface area contributed by atoms with Gasteiger partial charge in [0.2, 0.25) is 5.91 Å². The highest BCUT2D eigenvalue weighted by molar-refractivity contribution is 5.79. The molecule has 0 bridgehead atoms. The minimum atomic E-state index is -0.355. The molecule has 0 aromatic heterocycles. The van der Waals surface area contributed by atoms with Gasteiger partial charge >= 0.3 is 0 Å². The standard InChI is InChI=1S/C19H21FN2O/c20-17-9-5-4-8-16(17)18(12-14-6-2-1-3-7-14)22-19(23)15-10-11-21-13-15/h1-9,15,18,21H,10-13H2,(H,22,23)/t15-,18-/m1/s1. The maximum Gasteiger partial charge on any atom is 0.224 e. The van der Waals surface area contributed by atoms with E-state index in [0.29, 0.717) is 18.5 Å². The average Bonchev–Trinajstić information content (AvgIpc) is 3.10. The Morgan fingerprint density at radius 2 is 1.91 bits per heavy atom. The van der Waals surface area contributed by atoms with E-state index in [1.54, 1.807) is 18.2 Å². The Bertz CT molecular complexity index is 653. The first-order valence-electron chi connectivity index (χ1n) is 8.03. The van der Waals surface area contributed by atoms with Gasteiger partial charge in [0, 0.05) is 12.1 Å². The molecule has 0 unspecified atom stereocenters. The van der Waals surface area contributed by atoms with Gasteiger partial charge in [-0.2, -0.15) is 0 Å². The van der Waals surface area contributed by atoms with Crippen molar-refractivity contribution >= 4 is 5.91 Å². The van der Waals surface area contributed by atoms with Crippen molar-refractivity contribution < 1.29 is 9.18 Å². The summed E-state index contributed by atoms with van der Waals surface area (Å²) in [5.41, 5.74) is 1.61. The first kappa shape index (κ1) is 15.7. The summed E-state index contributed by atoms with van der Waals surface area (Å²) in [4.78, 5) is 12.5. The van der Waals surface area contributed by atoms with E-state index in [2.05, 4.69) is 10.6 Å². The molecule has 3 rings (SSSR count). The van der Waals surface area contributed by atoms with E-state index < -0.39 is 0 Å². The van der Waals surface area contributed by atoms with Crippen LogP contribution in [0.15, 0.2) is 54.6 Å². The molecule has 1 aliphatic heterocycles. The van der Waals surface area contributed by atoms with Crippen LogP contribution >= 0.6 is 0 Å². The molecule has 1 fully saturated rings. The van der Waals surface area contributed by atoms with Crippen LogP contribution < -0.4 is 10.6 Å². The van der Waals surface area contributed by atoms with Gasteiger partial charge in [-0.1, -0.05) is 48.5 Å². The molecular weight excluding hydrogens is 291 g/mol. The van der Waals surface area contributed by atoms with Gasteiger partial charge in [-0.3, -0.25) is 4.79 Å². The zero-order valence-electron chi connectivity index (χ0n) is 13.0. The topological polar surface area (TPSA) is 41.1 Å². The van der Waals surface area contributed by atoms with E-state index in [4.69, 9.17) is 0 Å². The van der Waals surface area contributed by atoms with E-state index in [1.807, 2.05) is 30.3 Å². The molecule has 1 heterocycles. The minimum Gasteiger partial charge on any atom is -0.349 e. The third-order valence-corrected chi connectivity index (χ3v) is 4.31. The summed E-state index contributed by atoms with van der Waals surface area (Å²) in [6.45, 7) is 1.56. The van der Waals surface area contributed by atoms with Gasteiger partial charge in [0.15, 0.2) is 0 Å². The molecular formula is C19H21FN2O. The molecule has 2 aromatic carbocycles. The maximum absolute atomic E-state index is 14.2. The fraction of sp³-hybridized carbons (Fsp3) is 0.316. The molecule has 120 valence electrons. The number of rotatable bonds is 5. The van der Waals surface area contributed by atoms with Gasteiger partial charge < -0.3 is 10.6 Å². The first-order chi connectivity index (χ1) is 11.2. The smallest absolute Gasteiger partial charge is 0.224 e. The highest BCUT2D eigenvalue weighted by Gasteiger charge is 2.26. The van der Waals surface area contributed by atoms with Crippen molar-refractivity contribution in [2.24, 2.45) is 5.92 Å². The molecule has 0 spiro atoms. The largest absolute Gasteiger partial charge is 0.349 e. The normalized spacial score (nSPS) is 18.6. The molecule has 4 heteroatoms. The van der Waals surface area contributed by atoms with Gasteiger partial charge in [-0.15, -0.1) is 0 Å². The van der Waals surface area contributed by atoms with Crippen molar-refractivity contribution in [3.05, 3.63) is 71.5 Å². The Balaban J connectivity index is 1.81. The SMILES string of the molecule is O=C(N[C@H](Cc1ccccc1)c1ccccc1F)[C@@H]1CCNC1. The van der Waals surface area contributed by atoms with E-state index in [9.17, 15) is 9.18 Å². The number of amides is 1. The Hall–Kier alpha value is -2.20. The monoisotopic (exact) mass is 312 g/mol. The van der Waals surface area contributed by atoms with Crippen LogP contribution in [-0.4, -0.2) is 19.0 Å². The summed E-state index contributed by atoms with van der Waals surface area (Å²) in [7, 11) is 0. The van der Waals surface area contributed by atoms with Crippen molar-refractivity contribution in [3.8, 4) is 0 Å². The second-order valence-corrected chi connectivity index (χ2v) is 5.96. The molecule has 3 nitrogen and oxygen atoms in total. The summed E-state index contributed by atoms with van der Waals surface area (Å²) in [6, 6.07) is 16.2. The van der Waals surface area contributed by atoms with Crippen LogP contribution in [0, 0.1) is 11.7 Å². The lowest BCUT2D eigenvalue weighted by molar-refractivity contribution is -0.125. The predicted molar refractivity (Wildman–Crippen MR) is 88.4 cm³/mol. The molecule has 0 radical (unpaired) electrons. The van der Waals surface area contributed by atoms with E-state index in [1.165, 1.54) is 6.07 Å². The van der Waals surface area contributed by atoms with Crippen LogP contribution in [0.1, 0.15) is 23.6 Å². The third kappa shape index (κ3) is 3.96. The maximum atomic E-state index is 14.2. The summed E-state index contributed by atoms with van der Waals surface area (Å²) in [6.07, 6.45) is 1.41. The number of halogens is 1. The molecule has 1 amide bonds. The summed E-state index contributed by atoms with van der Waals surface area (Å²) >= 11 is 0. The van der Waals surface area contributed by atoms with Crippen molar-refractivity contribution in [2.75, 3.05) is 13.1 Å². The van der Waals surface area contributed by atoms with Crippen molar-refractivity contribution in [2.45, 2.75) is 18.9 Å². The number of carbonyl (C=O) groups excluding carboxylic acids is 1. The molecule has 1 saturated heterocycles. The zero-order chi connectivity index (χ0) is 16.1. The average molecular weight is 312 g/mol. The fourth-order valence-corrected chi connectivity index (χ4v) is 3.01. The quantitative estimate of drug-likeness (QED) is 0.891. The van der Waals surface area contributed by atoms with E-state index in [-0.39, 0.29) is 23.7 Å². The molecule has 1 aliphatic rings. The van der Waals surface area contributed by atoms with Gasteiger partial charge in [-0.05, 0) is 31.0 Å². The van der Waals surface area contributed by atoms with Crippen molar-refractivity contribution in [3.63, 3.8) is 0 Å². The molecule has 0 aliphatic carbocycles. The van der Waals surface area contributed by atoms with Gasteiger partial charge in [0.1, 0.15) is 5.82 Å². The van der Waals surface area contributed by atoms with Gasteiger partial charge in [0.25, 0.3) is 0 Å². The number of carbonyl (C=O) groups is 1. The Morgan fingerprint density at radius 1 is 1.17 bits per heavy atom. The summed E-state index contributed by atoms with van der Waals surface area (Å²) < 4.78 is 14.2. The number of benzene rings is 2. The summed E-state index contributed by atoms with van der Waals surface area (Å²) in [5.74, 6) is -0.308. The van der Waals surface area contributed by atoms with Gasteiger partial charge in [-0.25, -0.2) is 4.39 Å². The van der Waals surface area contributed by atoms with Gasteiger partial charge in [0.05, 0.1) is 12.0 Å². The fourth-order valence-electron chi connectivity index (χ4n) is 3.01. The van der Waals surface area contributed by atoms with Crippen molar-refractivity contribution in [1.82, 2.24) is 10.6 Å². The number of hydrogen-bond acceptors (Lipinski definition) is 2. The lowest BCUT2D eigenvalue weighted by atomic mass is 9.97.